The molecule has 5 heteroatoms. The number of carbonyl (C=O) groups is 1. The van der Waals surface area contributed by atoms with Gasteiger partial charge in [-0.1, -0.05) is 29.3 Å². The first-order valence-corrected chi connectivity index (χ1v) is 4.70. The molecule has 0 unspecified atom stereocenters. The van der Waals surface area contributed by atoms with Crippen molar-refractivity contribution in [2.75, 3.05) is 0 Å². The lowest BCUT2D eigenvalue weighted by Crippen LogP contribution is -2.01. The van der Waals surface area contributed by atoms with Gasteiger partial charge in [-0.3, -0.25) is 9.20 Å². The third-order valence-corrected chi connectivity index (χ3v) is 2.46. The Labute approximate surface area is 90.3 Å². The van der Waals surface area contributed by atoms with Gasteiger partial charge in [0.2, 0.25) is 0 Å². The molecule has 0 bridgehead atoms. The molecular formula is C9H6Cl2N2O. The van der Waals surface area contributed by atoms with Crippen molar-refractivity contribution in [1.29, 1.82) is 0 Å². The van der Waals surface area contributed by atoms with Gasteiger partial charge in [0.1, 0.15) is 5.15 Å². The molecule has 0 fully saturated rings. The Hall–Kier alpha value is -1.06. The van der Waals surface area contributed by atoms with Gasteiger partial charge in [0, 0.05) is 6.92 Å². The Morgan fingerprint density at radius 2 is 2.14 bits per heavy atom. The number of imidazole rings is 1. The van der Waals surface area contributed by atoms with E-state index in [0.29, 0.717) is 10.7 Å². The molecule has 0 N–H and O–H groups in total. The van der Waals surface area contributed by atoms with Crippen LogP contribution in [0.25, 0.3) is 5.52 Å². The number of aromatic nitrogens is 2. The average Bonchev–Trinajstić information content (AvgIpc) is 2.46. The lowest BCUT2D eigenvalue weighted by Gasteiger charge is -1.99. The van der Waals surface area contributed by atoms with Crippen molar-refractivity contribution >= 4 is 34.5 Å². The molecule has 2 rings (SSSR count). The second kappa shape index (κ2) is 3.26. The number of pyridine rings is 1. The minimum atomic E-state index is -0.167. The number of fused-ring (bicyclic) bond motifs is 1. The number of ketones is 1. The number of nitrogens with zero attached hydrogens (tertiary/aromatic N) is 2. The van der Waals surface area contributed by atoms with Crippen LogP contribution in [0.3, 0.4) is 0 Å². The van der Waals surface area contributed by atoms with E-state index in [4.69, 9.17) is 23.2 Å². The zero-order valence-electron chi connectivity index (χ0n) is 7.29. The third kappa shape index (κ3) is 1.29. The molecule has 72 valence electrons. The molecular weight excluding hydrogens is 223 g/mol. The van der Waals surface area contributed by atoms with Gasteiger partial charge < -0.3 is 0 Å². The van der Waals surface area contributed by atoms with Crippen LogP contribution in [0.5, 0.6) is 0 Å². The Morgan fingerprint density at radius 3 is 2.79 bits per heavy atom. The Morgan fingerprint density at radius 1 is 1.43 bits per heavy atom. The molecule has 3 nitrogen and oxygen atoms in total. The lowest BCUT2D eigenvalue weighted by atomic mass is 10.4. The van der Waals surface area contributed by atoms with E-state index >= 15 is 0 Å². The molecule has 0 spiro atoms. The second-order valence-corrected chi connectivity index (χ2v) is 3.60. The molecule has 0 atom stereocenters. The molecule has 2 aromatic rings. The SMILES string of the molecule is CC(=O)c1nc(Cl)c2cccc(Cl)n12. The smallest absolute Gasteiger partial charge is 0.195 e. The first kappa shape index (κ1) is 9.49. The summed E-state index contributed by atoms with van der Waals surface area (Å²) in [7, 11) is 0. The fourth-order valence-corrected chi connectivity index (χ4v) is 1.77. The first-order valence-electron chi connectivity index (χ1n) is 3.94. The summed E-state index contributed by atoms with van der Waals surface area (Å²) in [5.41, 5.74) is 0.643. The van der Waals surface area contributed by atoms with Crippen LogP contribution in [0.2, 0.25) is 10.3 Å². The van der Waals surface area contributed by atoms with Gasteiger partial charge in [-0.2, -0.15) is 0 Å². The minimum Gasteiger partial charge on any atom is -0.291 e. The van der Waals surface area contributed by atoms with Crippen molar-refractivity contribution in [3.63, 3.8) is 0 Å². The van der Waals surface area contributed by atoms with Gasteiger partial charge in [0.15, 0.2) is 16.8 Å². The Bertz CT molecular complexity index is 519. The zero-order valence-corrected chi connectivity index (χ0v) is 8.80. The van der Waals surface area contributed by atoms with E-state index in [9.17, 15) is 4.79 Å². The summed E-state index contributed by atoms with van der Waals surface area (Å²) in [6, 6.07) is 5.20. The highest BCUT2D eigenvalue weighted by atomic mass is 35.5. The van der Waals surface area contributed by atoms with Crippen molar-refractivity contribution in [2.24, 2.45) is 0 Å². The van der Waals surface area contributed by atoms with Crippen LogP contribution in [0.4, 0.5) is 0 Å². The normalized spacial score (nSPS) is 10.8. The zero-order chi connectivity index (χ0) is 10.3. The van der Waals surface area contributed by atoms with E-state index in [1.807, 2.05) is 0 Å². The van der Waals surface area contributed by atoms with E-state index in [0.717, 1.165) is 0 Å². The molecule has 0 aliphatic heterocycles. The first-order chi connectivity index (χ1) is 6.61. The Kier molecular flexibility index (Phi) is 2.21. The van der Waals surface area contributed by atoms with E-state index in [1.54, 1.807) is 18.2 Å². The number of hydrogen-bond donors (Lipinski definition) is 0. The van der Waals surface area contributed by atoms with Crippen LogP contribution in [-0.4, -0.2) is 15.2 Å². The fraction of sp³-hybridized carbons (Fsp3) is 0.111. The standard InChI is InChI=1S/C9H6Cl2N2O/c1-5(14)9-12-8(11)6-3-2-4-7(10)13(6)9/h2-4H,1H3. The van der Waals surface area contributed by atoms with Gasteiger partial charge in [-0.25, -0.2) is 4.98 Å². The predicted octanol–water partition coefficient (Wildman–Crippen LogP) is 2.84. The van der Waals surface area contributed by atoms with Gasteiger partial charge in [-0.05, 0) is 12.1 Å². The lowest BCUT2D eigenvalue weighted by molar-refractivity contribution is 0.100. The highest BCUT2D eigenvalue weighted by Gasteiger charge is 2.14. The summed E-state index contributed by atoms with van der Waals surface area (Å²) in [6.45, 7) is 1.43. The summed E-state index contributed by atoms with van der Waals surface area (Å²) in [6.07, 6.45) is 0. The van der Waals surface area contributed by atoms with E-state index in [-0.39, 0.29) is 16.8 Å². The van der Waals surface area contributed by atoms with Gasteiger partial charge in [0.25, 0.3) is 0 Å². The number of rotatable bonds is 1. The highest BCUT2D eigenvalue weighted by molar-refractivity contribution is 6.34. The van der Waals surface area contributed by atoms with E-state index in [1.165, 1.54) is 11.3 Å². The number of hydrogen-bond acceptors (Lipinski definition) is 2. The number of halogens is 2. The molecule has 0 aromatic carbocycles. The Balaban J connectivity index is 2.93. The van der Waals surface area contributed by atoms with Crippen molar-refractivity contribution in [2.45, 2.75) is 6.92 Å². The molecule has 0 saturated carbocycles. The number of carbonyl (C=O) groups excluding carboxylic acids is 1. The summed E-state index contributed by atoms with van der Waals surface area (Å²) < 4.78 is 1.53. The van der Waals surface area contributed by atoms with Gasteiger partial charge in [-0.15, -0.1) is 0 Å². The van der Waals surface area contributed by atoms with Gasteiger partial charge in [0.05, 0.1) is 5.52 Å². The average molecular weight is 229 g/mol. The maximum atomic E-state index is 11.2. The van der Waals surface area contributed by atoms with Crippen molar-refractivity contribution in [3.05, 3.63) is 34.3 Å². The van der Waals surface area contributed by atoms with Crippen molar-refractivity contribution in [1.82, 2.24) is 9.38 Å². The molecule has 0 radical (unpaired) electrons. The third-order valence-electron chi connectivity index (χ3n) is 1.88. The summed E-state index contributed by atoms with van der Waals surface area (Å²) in [4.78, 5) is 15.2. The molecule has 0 aliphatic carbocycles. The summed E-state index contributed by atoms with van der Waals surface area (Å²) >= 11 is 11.8. The fourth-order valence-electron chi connectivity index (χ4n) is 1.30. The van der Waals surface area contributed by atoms with E-state index in [2.05, 4.69) is 4.98 Å². The van der Waals surface area contributed by atoms with Crippen LogP contribution >= 0.6 is 23.2 Å². The minimum absolute atomic E-state index is 0.167. The molecule has 0 saturated heterocycles. The van der Waals surface area contributed by atoms with Crippen LogP contribution in [-0.2, 0) is 0 Å². The molecule has 0 amide bonds. The van der Waals surface area contributed by atoms with Crippen molar-refractivity contribution < 1.29 is 4.79 Å². The summed E-state index contributed by atoms with van der Waals surface area (Å²) in [5, 5.41) is 0.713. The molecule has 2 aromatic heterocycles. The largest absolute Gasteiger partial charge is 0.291 e. The van der Waals surface area contributed by atoms with Crippen LogP contribution in [0.1, 0.15) is 17.5 Å². The maximum absolute atomic E-state index is 11.2. The highest BCUT2D eigenvalue weighted by Crippen LogP contribution is 2.22. The van der Waals surface area contributed by atoms with Crippen LogP contribution in [0.15, 0.2) is 18.2 Å². The topological polar surface area (TPSA) is 34.4 Å². The molecule has 0 aliphatic rings. The summed E-state index contributed by atoms with van der Waals surface area (Å²) in [5.74, 6) is 0.0931. The van der Waals surface area contributed by atoms with Gasteiger partial charge >= 0.3 is 0 Å². The van der Waals surface area contributed by atoms with Crippen LogP contribution in [0, 0.1) is 0 Å². The quantitative estimate of drug-likeness (QED) is 0.556. The molecule has 14 heavy (non-hydrogen) atoms. The second-order valence-electron chi connectivity index (χ2n) is 2.85. The van der Waals surface area contributed by atoms with E-state index < -0.39 is 0 Å². The maximum Gasteiger partial charge on any atom is 0.195 e. The van der Waals surface area contributed by atoms with Crippen molar-refractivity contribution in [3.8, 4) is 0 Å². The molecule has 2 heterocycles. The monoisotopic (exact) mass is 228 g/mol. The number of Topliss-reactive ketones (excluding diaryl/α,β-unsaturated/α-hetero) is 1. The predicted molar refractivity (Wildman–Crippen MR) is 55.2 cm³/mol. The van der Waals surface area contributed by atoms with Crippen LogP contribution < -0.4 is 0 Å².